The number of hydrogen-bond donors (Lipinski definition) is 1. The molecule has 3 aromatic carbocycles. The predicted molar refractivity (Wildman–Crippen MR) is 118 cm³/mol. The lowest BCUT2D eigenvalue weighted by molar-refractivity contribution is 0.0784. The number of nitrogens with one attached hydrogen (secondary N) is 1. The highest BCUT2D eigenvalue weighted by atomic mass is 32.2. The molecular weight excluding hydrogens is 400 g/mol. The first-order valence-corrected chi connectivity index (χ1v) is 11.1. The molecule has 0 unspecified atom stereocenters. The van der Waals surface area contributed by atoms with Gasteiger partial charge in [-0.25, -0.2) is 13.1 Å². The molecule has 0 atom stereocenters. The number of sulfonamides is 1. The van der Waals surface area contributed by atoms with Crippen molar-refractivity contribution in [1.82, 2.24) is 9.62 Å². The van der Waals surface area contributed by atoms with Crippen molar-refractivity contribution in [3.63, 3.8) is 0 Å². The Balaban J connectivity index is 1.80. The minimum Gasteiger partial charge on any atom is -0.383 e. The molecule has 0 radical (unpaired) electrons. The third-order valence-electron chi connectivity index (χ3n) is 4.93. The van der Waals surface area contributed by atoms with Gasteiger partial charge in [-0.05, 0) is 47.0 Å². The lowest BCUT2D eigenvalue weighted by Crippen LogP contribution is -2.29. The zero-order valence-electron chi connectivity index (χ0n) is 17.4. The van der Waals surface area contributed by atoms with Gasteiger partial charge in [0.2, 0.25) is 10.0 Å². The first-order chi connectivity index (χ1) is 14.3. The summed E-state index contributed by atoms with van der Waals surface area (Å²) in [4.78, 5) is 14.7. The number of ether oxygens (including phenoxy) is 1. The topological polar surface area (TPSA) is 75.7 Å². The summed E-state index contributed by atoms with van der Waals surface area (Å²) in [5, 5.41) is 2.26. The van der Waals surface area contributed by atoms with Crippen LogP contribution in [0.1, 0.15) is 21.5 Å². The van der Waals surface area contributed by atoms with Gasteiger partial charge in [-0.2, -0.15) is 0 Å². The van der Waals surface area contributed by atoms with Crippen LogP contribution in [-0.2, 0) is 21.3 Å². The smallest absolute Gasteiger partial charge is 0.254 e. The molecule has 7 heteroatoms. The van der Waals surface area contributed by atoms with Crippen LogP contribution in [0.2, 0.25) is 0 Å². The van der Waals surface area contributed by atoms with E-state index in [4.69, 9.17) is 4.74 Å². The molecule has 0 spiro atoms. The maximum absolute atomic E-state index is 13.1. The van der Waals surface area contributed by atoms with Crippen molar-refractivity contribution >= 4 is 26.7 Å². The average molecular weight is 427 g/mol. The van der Waals surface area contributed by atoms with Crippen LogP contribution in [0.15, 0.2) is 65.6 Å². The Morgan fingerprint density at radius 1 is 1.03 bits per heavy atom. The highest BCUT2D eigenvalue weighted by Crippen LogP contribution is 2.20. The largest absolute Gasteiger partial charge is 0.383 e. The first-order valence-electron chi connectivity index (χ1n) is 9.64. The summed E-state index contributed by atoms with van der Waals surface area (Å²) in [5.41, 5.74) is 2.10. The summed E-state index contributed by atoms with van der Waals surface area (Å²) in [6.45, 7) is 2.65. The van der Waals surface area contributed by atoms with Gasteiger partial charge in [-0.1, -0.05) is 42.5 Å². The molecule has 0 saturated carbocycles. The van der Waals surface area contributed by atoms with Gasteiger partial charge in [0, 0.05) is 32.8 Å². The fourth-order valence-corrected chi connectivity index (χ4v) is 4.29. The molecule has 0 aliphatic carbocycles. The van der Waals surface area contributed by atoms with Crippen LogP contribution >= 0.6 is 0 Å². The van der Waals surface area contributed by atoms with Crippen molar-refractivity contribution in [2.75, 3.05) is 27.3 Å². The number of carbonyl (C=O) groups is 1. The van der Waals surface area contributed by atoms with Crippen molar-refractivity contribution in [1.29, 1.82) is 0 Å². The maximum atomic E-state index is 13.1. The number of fused-ring (bicyclic) bond motifs is 1. The SMILES string of the molecule is COCCNS(=O)(=O)c1ccc(C)c(C(=O)N(C)Cc2ccc3ccccc3c2)c1. The van der Waals surface area contributed by atoms with Gasteiger partial charge in [0.15, 0.2) is 0 Å². The zero-order chi connectivity index (χ0) is 21.7. The zero-order valence-corrected chi connectivity index (χ0v) is 18.2. The van der Waals surface area contributed by atoms with E-state index in [1.807, 2.05) is 36.4 Å². The van der Waals surface area contributed by atoms with E-state index in [9.17, 15) is 13.2 Å². The molecule has 1 N–H and O–H groups in total. The molecule has 30 heavy (non-hydrogen) atoms. The number of hydrogen-bond acceptors (Lipinski definition) is 4. The molecule has 0 aromatic heterocycles. The minimum atomic E-state index is -3.71. The van der Waals surface area contributed by atoms with Gasteiger partial charge in [0.1, 0.15) is 0 Å². The number of benzene rings is 3. The number of methoxy groups -OCH3 is 1. The summed E-state index contributed by atoms with van der Waals surface area (Å²) >= 11 is 0. The normalized spacial score (nSPS) is 11.6. The molecule has 0 heterocycles. The van der Waals surface area contributed by atoms with E-state index in [1.165, 1.54) is 19.2 Å². The van der Waals surface area contributed by atoms with Crippen LogP contribution < -0.4 is 4.72 Å². The highest BCUT2D eigenvalue weighted by Gasteiger charge is 2.20. The molecule has 0 aliphatic heterocycles. The summed E-state index contributed by atoms with van der Waals surface area (Å²) in [7, 11) is -0.495. The van der Waals surface area contributed by atoms with Crippen molar-refractivity contribution in [2.24, 2.45) is 0 Å². The molecule has 6 nitrogen and oxygen atoms in total. The maximum Gasteiger partial charge on any atom is 0.254 e. The van der Waals surface area contributed by atoms with Crippen LogP contribution in [-0.4, -0.2) is 46.5 Å². The van der Waals surface area contributed by atoms with E-state index < -0.39 is 10.0 Å². The third kappa shape index (κ3) is 5.05. The Morgan fingerprint density at radius 2 is 1.77 bits per heavy atom. The summed E-state index contributed by atoms with van der Waals surface area (Å²) in [5.74, 6) is -0.227. The fourth-order valence-electron chi connectivity index (χ4n) is 3.25. The lowest BCUT2D eigenvalue weighted by Gasteiger charge is -2.19. The molecule has 3 aromatic rings. The van der Waals surface area contributed by atoms with Gasteiger partial charge in [-0.15, -0.1) is 0 Å². The second-order valence-corrected chi connectivity index (χ2v) is 8.98. The van der Waals surface area contributed by atoms with Crippen molar-refractivity contribution in [2.45, 2.75) is 18.4 Å². The van der Waals surface area contributed by atoms with E-state index in [0.29, 0.717) is 12.1 Å². The molecule has 1 amide bonds. The Kier molecular flexibility index (Phi) is 6.87. The van der Waals surface area contributed by atoms with Gasteiger partial charge in [0.25, 0.3) is 5.91 Å². The first kappa shape index (κ1) is 22.0. The van der Waals surface area contributed by atoms with Crippen LogP contribution in [0.3, 0.4) is 0 Å². The van der Waals surface area contributed by atoms with Crippen molar-refractivity contribution in [3.8, 4) is 0 Å². The lowest BCUT2D eigenvalue weighted by atomic mass is 10.1. The molecule has 0 bridgehead atoms. The Bertz CT molecular complexity index is 1160. The molecular formula is C23H26N2O4S. The van der Waals surface area contributed by atoms with Gasteiger partial charge >= 0.3 is 0 Å². The quantitative estimate of drug-likeness (QED) is 0.561. The molecule has 0 saturated heterocycles. The number of amides is 1. The van der Waals surface area contributed by atoms with Crippen molar-refractivity contribution < 1.29 is 17.9 Å². The fraction of sp³-hybridized carbons (Fsp3) is 0.261. The highest BCUT2D eigenvalue weighted by molar-refractivity contribution is 7.89. The molecule has 0 fully saturated rings. The molecule has 3 rings (SSSR count). The van der Waals surface area contributed by atoms with Crippen molar-refractivity contribution in [3.05, 3.63) is 77.4 Å². The number of nitrogens with zero attached hydrogens (tertiary/aromatic N) is 1. The number of carbonyl (C=O) groups excluding carboxylic acids is 1. The molecule has 0 aliphatic rings. The van der Waals surface area contributed by atoms with Gasteiger partial charge in [-0.3, -0.25) is 4.79 Å². The van der Waals surface area contributed by atoms with Gasteiger partial charge < -0.3 is 9.64 Å². The Morgan fingerprint density at radius 3 is 2.50 bits per heavy atom. The van der Waals surface area contributed by atoms with Crippen LogP contribution in [0.4, 0.5) is 0 Å². The number of rotatable bonds is 8. The standard InChI is InChI=1S/C23H26N2O4S/c1-17-8-11-21(30(27,28)24-12-13-29-3)15-22(17)23(26)25(2)16-18-9-10-19-6-4-5-7-20(19)14-18/h4-11,14-15,24H,12-13,16H2,1-3H3. The van der Waals surface area contributed by atoms with Crippen LogP contribution in [0.25, 0.3) is 10.8 Å². The van der Waals surface area contributed by atoms with Crippen LogP contribution in [0.5, 0.6) is 0 Å². The Labute approximate surface area is 177 Å². The summed E-state index contributed by atoms with van der Waals surface area (Å²) < 4.78 is 32.3. The third-order valence-corrected chi connectivity index (χ3v) is 6.39. The molecule has 158 valence electrons. The van der Waals surface area contributed by atoms with E-state index >= 15 is 0 Å². The summed E-state index contributed by atoms with van der Waals surface area (Å²) in [6.07, 6.45) is 0. The number of aryl methyl sites for hydroxylation is 1. The monoisotopic (exact) mass is 426 g/mol. The Hall–Kier alpha value is -2.74. The average Bonchev–Trinajstić information content (AvgIpc) is 2.73. The van der Waals surface area contributed by atoms with Gasteiger partial charge in [0.05, 0.1) is 11.5 Å². The van der Waals surface area contributed by atoms with E-state index in [0.717, 1.165) is 21.9 Å². The van der Waals surface area contributed by atoms with E-state index in [2.05, 4.69) is 10.8 Å². The summed E-state index contributed by atoms with van der Waals surface area (Å²) in [6, 6.07) is 18.7. The van der Waals surface area contributed by atoms with E-state index in [-0.39, 0.29) is 24.0 Å². The minimum absolute atomic E-state index is 0.0617. The van der Waals surface area contributed by atoms with E-state index in [1.54, 1.807) is 24.9 Å². The second-order valence-electron chi connectivity index (χ2n) is 7.21. The second kappa shape index (κ2) is 9.38. The predicted octanol–water partition coefficient (Wildman–Crippen LogP) is 3.35. The van der Waals surface area contributed by atoms with Crippen LogP contribution in [0, 0.1) is 6.92 Å².